The van der Waals surface area contributed by atoms with E-state index in [0.29, 0.717) is 5.92 Å². The summed E-state index contributed by atoms with van der Waals surface area (Å²) in [4.78, 5) is 0. The molecule has 2 heteroatoms. The van der Waals surface area contributed by atoms with E-state index in [9.17, 15) is 0 Å². The first-order chi connectivity index (χ1) is 7.69. The van der Waals surface area contributed by atoms with Crippen molar-refractivity contribution in [3.05, 3.63) is 35.9 Å². The number of hydrogen-bond acceptors (Lipinski definition) is 2. The Kier molecular flexibility index (Phi) is 5.50. The van der Waals surface area contributed by atoms with E-state index in [0.717, 1.165) is 6.42 Å². The van der Waals surface area contributed by atoms with E-state index in [-0.39, 0.29) is 12.1 Å². The lowest BCUT2D eigenvalue weighted by atomic mass is 9.93. The molecule has 0 spiro atoms. The van der Waals surface area contributed by atoms with E-state index in [2.05, 4.69) is 26.0 Å². The second-order valence-corrected chi connectivity index (χ2v) is 4.48. The second kappa shape index (κ2) is 6.66. The third-order valence-electron chi connectivity index (χ3n) is 3.14. The van der Waals surface area contributed by atoms with Gasteiger partial charge in [0.1, 0.15) is 0 Å². The third kappa shape index (κ3) is 3.62. The molecular formula is C14H23NO. The van der Waals surface area contributed by atoms with Crippen molar-refractivity contribution in [2.75, 3.05) is 7.11 Å². The zero-order valence-corrected chi connectivity index (χ0v) is 10.5. The van der Waals surface area contributed by atoms with Gasteiger partial charge in [0.25, 0.3) is 0 Å². The average molecular weight is 221 g/mol. The molecular weight excluding hydrogens is 198 g/mol. The van der Waals surface area contributed by atoms with Crippen molar-refractivity contribution in [3.8, 4) is 0 Å². The molecule has 16 heavy (non-hydrogen) atoms. The van der Waals surface area contributed by atoms with Crippen LogP contribution in [0.4, 0.5) is 0 Å². The number of benzene rings is 1. The van der Waals surface area contributed by atoms with Crippen LogP contribution in [0.5, 0.6) is 0 Å². The van der Waals surface area contributed by atoms with Crippen LogP contribution in [0.1, 0.15) is 38.4 Å². The molecule has 1 rings (SSSR count). The normalized spacial score (nSPS) is 16.8. The van der Waals surface area contributed by atoms with Crippen LogP contribution in [0, 0.1) is 5.92 Å². The molecule has 0 bridgehead atoms. The number of methoxy groups -OCH3 is 1. The fraction of sp³-hybridized carbons (Fsp3) is 0.571. The predicted octanol–water partition coefficient (Wildman–Crippen LogP) is 3.14. The number of nitrogens with two attached hydrogens (primary N) is 1. The lowest BCUT2D eigenvalue weighted by Crippen LogP contribution is -2.31. The molecule has 0 aliphatic carbocycles. The molecule has 3 unspecified atom stereocenters. The average Bonchev–Trinajstić information content (AvgIpc) is 2.31. The van der Waals surface area contributed by atoms with Crippen molar-refractivity contribution in [3.63, 3.8) is 0 Å². The highest BCUT2D eigenvalue weighted by Crippen LogP contribution is 2.23. The van der Waals surface area contributed by atoms with Crippen LogP contribution in [-0.2, 0) is 4.74 Å². The van der Waals surface area contributed by atoms with Crippen molar-refractivity contribution in [2.24, 2.45) is 11.7 Å². The van der Waals surface area contributed by atoms with Crippen LogP contribution < -0.4 is 5.73 Å². The van der Waals surface area contributed by atoms with Gasteiger partial charge in [0, 0.05) is 13.2 Å². The standard InChI is InChI=1S/C14H23NO/c1-4-11(2)10-13(15)14(16-3)12-8-6-5-7-9-12/h5-9,11,13-14H,4,10,15H2,1-3H3. The van der Waals surface area contributed by atoms with Crippen LogP contribution in [0.15, 0.2) is 30.3 Å². The Bertz CT molecular complexity index is 286. The highest BCUT2D eigenvalue weighted by atomic mass is 16.5. The van der Waals surface area contributed by atoms with Crippen molar-refractivity contribution in [1.29, 1.82) is 0 Å². The Morgan fingerprint density at radius 2 is 1.88 bits per heavy atom. The first-order valence-electron chi connectivity index (χ1n) is 6.02. The van der Waals surface area contributed by atoms with Gasteiger partial charge in [0.05, 0.1) is 6.10 Å². The Balaban J connectivity index is 2.67. The molecule has 0 heterocycles. The molecule has 90 valence electrons. The fourth-order valence-corrected chi connectivity index (χ4v) is 1.96. The smallest absolute Gasteiger partial charge is 0.0971 e. The second-order valence-electron chi connectivity index (χ2n) is 4.48. The van der Waals surface area contributed by atoms with Gasteiger partial charge in [-0.15, -0.1) is 0 Å². The first-order valence-corrected chi connectivity index (χ1v) is 6.02. The predicted molar refractivity (Wildman–Crippen MR) is 68.2 cm³/mol. The maximum absolute atomic E-state index is 6.21. The maximum Gasteiger partial charge on any atom is 0.0971 e. The summed E-state index contributed by atoms with van der Waals surface area (Å²) in [6.45, 7) is 4.43. The lowest BCUT2D eigenvalue weighted by molar-refractivity contribution is 0.0728. The summed E-state index contributed by atoms with van der Waals surface area (Å²) in [5.74, 6) is 0.649. The molecule has 0 aliphatic rings. The third-order valence-corrected chi connectivity index (χ3v) is 3.14. The van der Waals surface area contributed by atoms with Gasteiger partial charge in [0.15, 0.2) is 0 Å². The van der Waals surface area contributed by atoms with E-state index in [1.165, 1.54) is 12.0 Å². The van der Waals surface area contributed by atoms with Crippen LogP contribution in [-0.4, -0.2) is 13.2 Å². The number of rotatable bonds is 6. The molecule has 0 fully saturated rings. The summed E-state index contributed by atoms with van der Waals surface area (Å²) in [5.41, 5.74) is 7.38. The molecule has 0 saturated heterocycles. The minimum atomic E-state index is 0.00944. The molecule has 1 aromatic rings. The van der Waals surface area contributed by atoms with Gasteiger partial charge in [-0.3, -0.25) is 0 Å². The number of ether oxygens (including phenoxy) is 1. The molecule has 3 atom stereocenters. The Labute approximate surface area is 98.8 Å². The van der Waals surface area contributed by atoms with Crippen molar-refractivity contribution >= 4 is 0 Å². The number of hydrogen-bond donors (Lipinski definition) is 1. The van der Waals surface area contributed by atoms with E-state index >= 15 is 0 Å². The van der Waals surface area contributed by atoms with E-state index < -0.39 is 0 Å². The lowest BCUT2D eigenvalue weighted by Gasteiger charge is -2.25. The van der Waals surface area contributed by atoms with Gasteiger partial charge in [-0.25, -0.2) is 0 Å². The van der Waals surface area contributed by atoms with Gasteiger partial charge >= 0.3 is 0 Å². The van der Waals surface area contributed by atoms with Gasteiger partial charge in [0.2, 0.25) is 0 Å². The fourth-order valence-electron chi connectivity index (χ4n) is 1.96. The topological polar surface area (TPSA) is 35.2 Å². The summed E-state index contributed by atoms with van der Waals surface area (Å²) in [7, 11) is 1.73. The Hall–Kier alpha value is -0.860. The maximum atomic E-state index is 6.21. The summed E-state index contributed by atoms with van der Waals surface area (Å²) in [6, 6.07) is 10.3. The first kappa shape index (κ1) is 13.2. The molecule has 0 aliphatic heterocycles. The summed E-state index contributed by atoms with van der Waals surface area (Å²) in [6.07, 6.45) is 2.18. The summed E-state index contributed by atoms with van der Waals surface area (Å²) >= 11 is 0. The minimum Gasteiger partial charge on any atom is -0.375 e. The zero-order valence-electron chi connectivity index (χ0n) is 10.5. The van der Waals surface area contributed by atoms with Crippen molar-refractivity contribution in [2.45, 2.75) is 38.8 Å². The minimum absolute atomic E-state index is 0.00944. The van der Waals surface area contributed by atoms with Crippen LogP contribution in [0.25, 0.3) is 0 Å². The van der Waals surface area contributed by atoms with Crippen LogP contribution >= 0.6 is 0 Å². The molecule has 2 nitrogen and oxygen atoms in total. The van der Waals surface area contributed by atoms with Gasteiger partial charge in [-0.05, 0) is 17.9 Å². The van der Waals surface area contributed by atoms with E-state index in [4.69, 9.17) is 10.5 Å². The summed E-state index contributed by atoms with van der Waals surface area (Å²) < 4.78 is 5.52. The van der Waals surface area contributed by atoms with Crippen molar-refractivity contribution < 1.29 is 4.74 Å². The zero-order chi connectivity index (χ0) is 12.0. The van der Waals surface area contributed by atoms with Crippen LogP contribution in [0.2, 0.25) is 0 Å². The van der Waals surface area contributed by atoms with Crippen LogP contribution in [0.3, 0.4) is 0 Å². The molecule has 0 saturated carbocycles. The largest absolute Gasteiger partial charge is 0.375 e. The van der Waals surface area contributed by atoms with Gasteiger partial charge in [-0.2, -0.15) is 0 Å². The van der Waals surface area contributed by atoms with E-state index in [1.807, 2.05) is 18.2 Å². The highest BCUT2D eigenvalue weighted by Gasteiger charge is 2.20. The Morgan fingerprint density at radius 3 is 2.38 bits per heavy atom. The Morgan fingerprint density at radius 1 is 1.25 bits per heavy atom. The van der Waals surface area contributed by atoms with Gasteiger partial charge < -0.3 is 10.5 Å². The quantitative estimate of drug-likeness (QED) is 0.801. The molecule has 0 amide bonds. The molecule has 2 N–H and O–H groups in total. The highest BCUT2D eigenvalue weighted by molar-refractivity contribution is 5.19. The summed E-state index contributed by atoms with van der Waals surface area (Å²) in [5, 5.41) is 0. The molecule has 0 aromatic heterocycles. The van der Waals surface area contributed by atoms with Gasteiger partial charge in [-0.1, -0.05) is 50.6 Å². The SMILES string of the molecule is CCC(C)CC(N)C(OC)c1ccccc1. The van der Waals surface area contributed by atoms with E-state index in [1.54, 1.807) is 7.11 Å². The van der Waals surface area contributed by atoms with Crippen molar-refractivity contribution in [1.82, 2.24) is 0 Å². The molecule has 1 aromatic carbocycles. The molecule has 0 radical (unpaired) electrons. The monoisotopic (exact) mass is 221 g/mol.